The Hall–Kier alpha value is 0.460. The van der Waals surface area contributed by atoms with Gasteiger partial charge in [-0.3, -0.25) is 4.21 Å². The summed E-state index contributed by atoms with van der Waals surface area (Å²) in [6, 6.07) is 0. The molecule has 1 unspecified atom stereocenters. The molecule has 7 heteroatoms. The lowest BCUT2D eigenvalue weighted by molar-refractivity contribution is 0.686. The molecule has 0 radical (unpaired) electrons. The van der Waals surface area contributed by atoms with Crippen LogP contribution in [-0.4, -0.2) is 15.4 Å². The zero-order valence-electron chi connectivity index (χ0n) is 6.28. The van der Waals surface area contributed by atoms with Gasteiger partial charge in [-0.05, 0) is 0 Å². The van der Waals surface area contributed by atoms with E-state index in [1.165, 1.54) is 6.26 Å². The Labute approximate surface area is 97.6 Å². The Kier molecular flexibility index (Phi) is 3.83. The molecule has 0 aliphatic rings. The van der Waals surface area contributed by atoms with Gasteiger partial charge in [-0.1, -0.05) is 46.4 Å². The van der Waals surface area contributed by atoms with Crippen molar-refractivity contribution in [3.05, 3.63) is 20.4 Å². The standard InChI is InChI=1S/C6H3Cl4NOS/c1-13(12)4-2(7)5(9)11-6(10)3(4)8/h1H3. The number of hydrogen-bond donors (Lipinski definition) is 0. The maximum Gasteiger partial charge on any atom is 0.150 e. The fourth-order valence-electron chi connectivity index (χ4n) is 0.720. The number of pyridine rings is 1. The largest absolute Gasteiger partial charge is 0.255 e. The molecule has 1 aromatic heterocycles. The van der Waals surface area contributed by atoms with Crippen LogP contribution in [0.25, 0.3) is 0 Å². The fourth-order valence-corrected chi connectivity index (χ4v) is 2.91. The number of hydrogen-bond acceptors (Lipinski definition) is 2. The van der Waals surface area contributed by atoms with Crippen molar-refractivity contribution in [1.82, 2.24) is 4.98 Å². The first-order valence-corrected chi connectivity index (χ1v) is 6.05. The topological polar surface area (TPSA) is 30.0 Å². The zero-order valence-corrected chi connectivity index (χ0v) is 10.1. The molecule has 0 aliphatic heterocycles. The van der Waals surface area contributed by atoms with E-state index in [-0.39, 0.29) is 25.2 Å². The fraction of sp³-hybridized carbons (Fsp3) is 0.167. The average Bonchev–Trinajstić information content (AvgIpc) is 2.01. The highest BCUT2D eigenvalue weighted by molar-refractivity contribution is 7.84. The number of nitrogens with zero attached hydrogens (tertiary/aromatic N) is 1. The molecular formula is C6H3Cl4NOS. The van der Waals surface area contributed by atoms with E-state index in [1.807, 2.05) is 0 Å². The lowest BCUT2D eigenvalue weighted by Crippen LogP contribution is -1.94. The van der Waals surface area contributed by atoms with Gasteiger partial charge in [0.2, 0.25) is 0 Å². The summed E-state index contributed by atoms with van der Waals surface area (Å²) in [5.74, 6) is 0. The third-order valence-electron chi connectivity index (χ3n) is 1.24. The van der Waals surface area contributed by atoms with Crippen LogP contribution >= 0.6 is 46.4 Å². The van der Waals surface area contributed by atoms with Gasteiger partial charge in [0.1, 0.15) is 0 Å². The van der Waals surface area contributed by atoms with Gasteiger partial charge in [0, 0.05) is 6.26 Å². The van der Waals surface area contributed by atoms with Crippen LogP contribution in [0.3, 0.4) is 0 Å². The molecule has 0 N–H and O–H groups in total. The molecule has 0 aromatic carbocycles. The second-order valence-corrected chi connectivity index (χ2v) is 4.89. The van der Waals surface area contributed by atoms with E-state index >= 15 is 0 Å². The van der Waals surface area contributed by atoms with Gasteiger partial charge in [0.05, 0.1) is 25.7 Å². The highest BCUT2D eigenvalue weighted by atomic mass is 35.5. The van der Waals surface area contributed by atoms with Crippen molar-refractivity contribution in [2.75, 3.05) is 6.26 Å². The summed E-state index contributed by atoms with van der Waals surface area (Å²) < 4.78 is 11.2. The maximum absolute atomic E-state index is 11.2. The van der Waals surface area contributed by atoms with Gasteiger partial charge < -0.3 is 0 Å². The minimum atomic E-state index is -1.35. The summed E-state index contributed by atoms with van der Waals surface area (Å²) in [4.78, 5) is 3.86. The second kappa shape index (κ2) is 4.32. The molecule has 0 spiro atoms. The van der Waals surface area contributed by atoms with E-state index in [0.29, 0.717) is 0 Å². The minimum Gasteiger partial charge on any atom is -0.255 e. The molecular weight excluding hydrogens is 276 g/mol. The number of rotatable bonds is 1. The van der Waals surface area contributed by atoms with Crippen molar-refractivity contribution in [3.63, 3.8) is 0 Å². The lowest BCUT2D eigenvalue weighted by atomic mass is 10.5. The Morgan fingerprint density at radius 3 is 1.77 bits per heavy atom. The van der Waals surface area contributed by atoms with Crippen LogP contribution in [0.1, 0.15) is 0 Å². The van der Waals surface area contributed by atoms with Crippen LogP contribution in [-0.2, 0) is 10.8 Å². The molecule has 2 nitrogen and oxygen atoms in total. The Balaban J connectivity index is 3.56. The van der Waals surface area contributed by atoms with Crippen molar-refractivity contribution in [2.24, 2.45) is 0 Å². The predicted octanol–water partition coefficient (Wildman–Crippen LogP) is 3.43. The molecule has 1 heterocycles. The molecule has 0 saturated heterocycles. The van der Waals surface area contributed by atoms with E-state index in [0.717, 1.165) is 0 Å². The van der Waals surface area contributed by atoms with Gasteiger partial charge in [-0.25, -0.2) is 4.98 Å². The minimum absolute atomic E-state index is 0.00117. The lowest BCUT2D eigenvalue weighted by Gasteiger charge is -2.05. The molecule has 1 aromatic rings. The quantitative estimate of drug-likeness (QED) is 0.737. The molecule has 1 rings (SSSR count). The van der Waals surface area contributed by atoms with Crippen LogP contribution in [0.15, 0.2) is 4.90 Å². The Morgan fingerprint density at radius 2 is 1.46 bits per heavy atom. The molecule has 0 saturated carbocycles. The van der Waals surface area contributed by atoms with Gasteiger partial charge >= 0.3 is 0 Å². The molecule has 0 amide bonds. The normalized spacial score (nSPS) is 13.0. The van der Waals surface area contributed by atoms with Crippen LogP contribution in [0.5, 0.6) is 0 Å². The summed E-state index contributed by atoms with van der Waals surface area (Å²) in [6.45, 7) is 0. The van der Waals surface area contributed by atoms with Crippen molar-refractivity contribution in [3.8, 4) is 0 Å². The molecule has 0 bridgehead atoms. The second-order valence-electron chi connectivity index (χ2n) is 2.10. The van der Waals surface area contributed by atoms with E-state index in [1.54, 1.807) is 0 Å². The maximum atomic E-state index is 11.2. The van der Waals surface area contributed by atoms with Gasteiger partial charge in [0.15, 0.2) is 10.3 Å². The first-order valence-electron chi connectivity index (χ1n) is 2.98. The van der Waals surface area contributed by atoms with Crippen LogP contribution < -0.4 is 0 Å². The van der Waals surface area contributed by atoms with Gasteiger partial charge in [-0.2, -0.15) is 0 Å². The number of aromatic nitrogens is 1. The SMILES string of the molecule is CS(=O)c1c(Cl)c(Cl)nc(Cl)c1Cl. The highest BCUT2D eigenvalue weighted by Gasteiger charge is 2.17. The summed E-state index contributed by atoms with van der Waals surface area (Å²) in [5, 5.41) is 0.163. The van der Waals surface area contributed by atoms with E-state index in [2.05, 4.69) is 4.98 Å². The summed E-state index contributed by atoms with van der Waals surface area (Å²) in [7, 11) is -1.35. The molecule has 72 valence electrons. The molecule has 0 aliphatic carbocycles. The first-order chi connectivity index (χ1) is 5.95. The predicted molar refractivity (Wildman–Crippen MR) is 56.6 cm³/mol. The first kappa shape index (κ1) is 11.5. The molecule has 13 heavy (non-hydrogen) atoms. The van der Waals surface area contributed by atoms with Crippen LogP contribution in [0.2, 0.25) is 20.4 Å². The summed E-state index contributed by atoms with van der Waals surface area (Å²) >= 11 is 22.7. The van der Waals surface area contributed by atoms with Crippen LogP contribution in [0.4, 0.5) is 0 Å². The average molecular weight is 279 g/mol. The van der Waals surface area contributed by atoms with Gasteiger partial charge in [-0.15, -0.1) is 0 Å². The van der Waals surface area contributed by atoms with E-state index < -0.39 is 10.8 Å². The van der Waals surface area contributed by atoms with Gasteiger partial charge in [0.25, 0.3) is 0 Å². The molecule has 0 fully saturated rings. The smallest absolute Gasteiger partial charge is 0.150 e. The highest BCUT2D eigenvalue weighted by Crippen LogP contribution is 2.36. The Bertz CT molecular complexity index is 355. The van der Waals surface area contributed by atoms with Crippen molar-refractivity contribution < 1.29 is 4.21 Å². The van der Waals surface area contributed by atoms with Crippen molar-refractivity contribution in [1.29, 1.82) is 0 Å². The van der Waals surface area contributed by atoms with Crippen molar-refractivity contribution in [2.45, 2.75) is 4.90 Å². The zero-order chi connectivity index (χ0) is 10.2. The van der Waals surface area contributed by atoms with Crippen molar-refractivity contribution >= 4 is 57.2 Å². The molecule has 1 atom stereocenters. The van der Waals surface area contributed by atoms with Crippen LogP contribution in [0, 0.1) is 0 Å². The summed E-state index contributed by atoms with van der Waals surface area (Å²) in [6.07, 6.45) is 1.43. The van der Waals surface area contributed by atoms with E-state index in [9.17, 15) is 4.21 Å². The summed E-state index contributed by atoms with van der Waals surface area (Å²) in [5.41, 5.74) is 0. The third-order valence-corrected chi connectivity index (χ3v) is 3.93. The number of halogens is 4. The Morgan fingerprint density at radius 1 is 1.08 bits per heavy atom. The third kappa shape index (κ3) is 2.28. The monoisotopic (exact) mass is 277 g/mol. The van der Waals surface area contributed by atoms with E-state index in [4.69, 9.17) is 46.4 Å².